The third kappa shape index (κ3) is 3.86. The lowest BCUT2D eigenvalue weighted by Gasteiger charge is -2.23. The van der Waals surface area contributed by atoms with Gasteiger partial charge < -0.3 is 10.0 Å². The quantitative estimate of drug-likeness (QED) is 0.737. The molecule has 4 nitrogen and oxygen atoms in total. The first-order valence-corrected chi connectivity index (χ1v) is 6.86. The Morgan fingerprint density at radius 2 is 2.11 bits per heavy atom. The normalized spacial score (nSPS) is 19.2. The standard InChI is InChI=1S/C14H21NO3/c16-13(10-11-4-2-1-3-5-11)15(12-6-7-12)9-8-14(17)18/h4,12H,1-3,5-10H2,(H,17,18). The average Bonchev–Trinajstić information content (AvgIpc) is 3.14. The van der Waals surface area contributed by atoms with Gasteiger partial charge in [0.25, 0.3) is 0 Å². The Morgan fingerprint density at radius 3 is 2.67 bits per heavy atom. The number of carbonyl (C=O) groups excluding carboxylic acids is 1. The van der Waals surface area contributed by atoms with Crippen LogP contribution < -0.4 is 0 Å². The first-order chi connectivity index (χ1) is 8.66. The summed E-state index contributed by atoms with van der Waals surface area (Å²) in [5.41, 5.74) is 1.24. The van der Waals surface area contributed by atoms with E-state index in [0.717, 1.165) is 25.7 Å². The van der Waals surface area contributed by atoms with Gasteiger partial charge in [-0.25, -0.2) is 0 Å². The SMILES string of the molecule is O=C(O)CCN(C(=O)CC1=CCCCC1)C1CC1. The van der Waals surface area contributed by atoms with E-state index in [1.54, 1.807) is 4.90 Å². The number of carboxylic acids is 1. The molecule has 1 saturated carbocycles. The van der Waals surface area contributed by atoms with Crippen LogP contribution in [0.1, 0.15) is 51.4 Å². The van der Waals surface area contributed by atoms with Crippen LogP contribution in [-0.2, 0) is 9.59 Å². The van der Waals surface area contributed by atoms with Gasteiger partial charge in [0.05, 0.1) is 6.42 Å². The number of carboxylic acid groups (broad SMARTS) is 1. The smallest absolute Gasteiger partial charge is 0.305 e. The highest BCUT2D eigenvalue weighted by Gasteiger charge is 2.32. The van der Waals surface area contributed by atoms with Crippen LogP contribution in [0.5, 0.6) is 0 Å². The molecule has 100 valence electrons. The number of rotatable bonds is 6. The van der Waals surface area contributed by atoms with Crippen LogP contribution in [0.15, 0.2) is 11.6 Å². The molecule has 1 N–H and O–H groups in total. The largest absolute Gasteiger partial charge is 0.481 e. The molecule has 0 aromatic rings. The van der Waals surface area contributed by atoms with Crippen molar-refractivity contribution in [3.63, 3.8) is 0 Å². The van der Waals surface area contributed by atoms with E-state index in [9.17, 15) is 9.59 Å². The predicted octanol–water partition coefficient (Wildman–Crippen LogP) is 2.34. The van der Waals surface area contributed by atoms with Crippen LogP contribution in [0.25, 0.3) is 0 Å². The lowest BCUT2D eigenvalue weighted by Crippen LogP contribution is -2.35. The molecule has 0 heterocycles. The summed E-state index contributed by atoms with van der Waals surface area (Å²) in [5.74, 6) is -0.711. The number of hydrogen-bond acceptors (Lipinski definition) is 2. The van der Waals surface area contributed by atoms with Gasteiger partial charge in [-0.1, -0.05) is 11.6 Å². The summed E-state index contributed by atoms with van der Waals surface area (Å²) in [4.78, 5) is 24.6. The maximum atomic E-state index is 12.2. The number of amides is 1. The fourth-order valence-electron chi connectivity index (χ4n) is 2.47. The molecule has 2 aliphatic carbocycles. The highest BCUT2D eigenvalue weighted by molar-refractivity contribution is 5.80. The molecule has 1 amide bonds. The molecule has 2 aliphatic rings. The molecular formula is C14H21NO3. The lowest BCUT2D eigenvalue weighted by molar-refractivity contribution is -0.138. The molecule has 0 bridgehead atoms. The molecule has 0 unspecified atom stereocenters. The fraction of sp³-hybridized carbons (Fsp3) is 0.714. The number of nitrogens with zero attached hydrogens (tertiary/aromatic N) is 1. The van der Waals surface area contributed by atoms with Crippen molar-refractivity contribution < 1.29 is 14.7 Å². The van der Waals surface area contributed by atoms with Gasteiger partial charge in [0.15, 0.2) is 0 Å². The van der Waals surface area contributed by atoms with Crippen molar-refractivity contribution in [3.8, 4) is 0 Å². The molecule has 0 radical (unpaired) electrons. The number of aliphatic carboxylic acids is 1. The maximum absolute atomic E-state index is 12.2. The predicted molar refractivity (Wildman–Crippen MR) is 68.2 cm³/mol. The molecule has 18 heavy (non-hydrogen) atoms. The monoisotopic (exact) mass is 251 g/mol. The molecule has 0 aromatic heterocycles. The minimum Gasteiger partial charge on any atom is -0.481 e. The highest BCUT2D eigenvalue weighted by atomic mass is 16.4. The minimum absolute atomic E-state index is 0.0568. The van der Waals surface area contributed by atoms with Gasteiger partial charge >= 0.3 is 5.97 Å². The highest BCUT2D eigenvalue weighted by Crippen LogP contribution is 2.29. The Hall–Kier alpha value is -1.32. The van der Waals surface area contributed by atoms with E-state index in [2.05, 4.69) is 6.08 Å². The Bertz CT molecular complexity index is 358. The maximum Gasteiger partial charge on any atom is 0.305 e. The summed E-state index contributed by atoms with van der Waals surface area (Å²) < 4.78 is 0. The Morgan fingerprint density at radius 1 is 1.33 bits per heavy atom. The van der Waals surface area contributed by atoms with Crippen molar-refractivity contribution in [2.45, 2.75) is 57.4 Å². The zero-order chi connectivity index (χ0) is 13.0. The molecule has 0 aromatic carbocycles. The molecule has 1 fully saturated rings. The van der Waals surface area contributed by atoms with Gasteiger partial charge in [0, 0.05) is 19.0 Å². The fourth-order valence-corrected chi connectivity index (χ4v) is 2.47. The van der Waals surface area contributed by atoms with Gasteiger partial charge in [-0.05, 0) is 38.5 Å². The van der Waals surface area contributed by atoms with Crippen LogP contribution in [0.3, 0.4) is 0 Å². The average molecular weight is 251 g/mol. The van der Waals surface area contributed by atoms with Crippen LogP contribution in [-0.4, -0.2) is 34.5 Å². The van der Waals surface area contributed by atoms with E-state index in [0.29, 0.717) is 19.0 Å². The molecular weight excluding hydrogens is 230 g/mol. The Kier molecular flexibility index (Phi) is 4.39. The van der Waals surface area contributed by atoms with E-state index < -0.39 is 5.97 Å². The molecule has 0 saturated heterocycles. The van der Waals surface area contributed by atoms with E-state index in [-0.39, 0.29) is 12.3 Å². The summed E-state index contributed by atoms with van der Waals surface area (Å²) >= 11 is 0. The second-order valence-corrected chi connectivity index (χ2v) is 5.25. The summed E-state index contributed by atoms with van der Waals surface area (Å²) in [6.07, 6.45) is 9.32. The van der Waals surface area contributed by atoms with Crippen molar-refractivity contribution in [2.75, 3.05) is 6.54 Å². The third-order valence-corrected chi connectivity index (χ3v) is 3.64. The van der Waals surface area contributed by atoms with Gasteiger partial charge in [0.1, 0.15) is 0 Å². The van der Waals surface area contributed by atoms with E-state index >= 15 is 0 Å². The van der Waals surface area contributed by atoms with Crippen LogP contribution >= 0.6 is 0 Å². The van der Waals surface area contributed by atoms with Crippen molar-refractivity contribution in [1.82, 2.24) is 4.90 Å². The number of allylic oxidation sites excluding steroid dienone is 1. The van der Waals surface area contributed by atoms with Crippen LogP contribution in [0.2, 0.25) is 0 Å². The van der Waals surface area contributed by atoms with E-state index in [1.807, 2.05) is 0 Å². The number of carbonyl (C=O) groups is 2. The van der Waals surface area contributed by atoms with Crippen molar-refractivity contribution in [3.05, 3.63) is 11.6 Å². The third-order valence-electron chi connectivity index (χ3n) is 3.64. The van der Waals surface area contributed by atoms with Crippen LogP contribution in [0, 0.1) is 0 Å². The summed E-state index contributed by atoms with van der Waals surface area (Å²) in [7, 11) is 0. The van der Waals surface area contributed by atoms with Gasteiger partial charge in [-0.3, -0.25) is 9.59 Å². The summed E-state index contributed by atoms with van der Waals surface area (Å²) in [5, 5.41) is 8.72. The topological polar surface area (TPSA) is 57.6 Å². The first kappa shape index (κ1) is 13.1. The lowest BCUT2D eigenvalue weighted by atomic mass is 9.97. The zero-order valence-corrected chi connectivity index (χ0v) is 10.7. The van der Waals surface area contributed by atoms with Gasteiger partial charge in [-0.2, -0.15) is 0 Å². The first-order valence-electron chi connectivity index (χ1n) is 6.86. The summed E-state index contributed by atoms with van der Waals surface area (Å²) in [6.45, 7) is 0.367. The Balaban J connectivity index is 1.86. The molecule has 2 rings (SSSR count). The number of hydrogen-bond donors (Lipinski definition) is 1. The molecule has 0 aliphatic heterocycles. The van der Waals surface area contributed by atoms with E-state index in [4.69, 9.17) is 5.11 Å². The van der Waals surface area contributed by atoms with Crippen molar-refractivity contribution >= 4 is 11.9 Å². The van der Waals surface area contributed by atoms with Crippen LogP contribution in [0.4, 0.5) is 0 Å². The summed E-state index contributed by atoms with van der Waals surface area (Å²) in [6, 6.07) is 0.307. The minimum atomic E-state index is -0.828. The van der Waals surface area contributed by atoms with Gasteiger partial charge in [0.2, 0.25) is 5.91 Å². The molecule has 0 spiro atoms. The Labute approximate surface area is 108 Å². The second-order valence-electron chi connectivity index (χ2n) is 5.25. The van der Waals surface area contributed by atoms with Crippen molar-refractivity contribution in [2.24, 2.45) is 0 Å². The molecule has 0 atom stereocenters. The molecule has 4 heteroatoms. The van der Waals surface area contributed by atoms with E-state index in [1.165, 1.54) is 18.4 Å². The van der Waals surface area contributed by atoms with Crippen molar-refractivity contribution in [1.29, 1.82) is 0 Å². The second kappa shape index (κ2) is 6.03. The zero-order valence-electron chi connectivity index (χ0n) is 10.7. The van der Waals surface area contributed by atoms with Gasteiger partial charge in [-0.15, -0.1) is 0 Å².